The highest BCUT2D eigenvalue weighted by atomic mass is 16.5. The first-order valence-corrected chi connectivity index (χ1v) is 24.5. The Hall–Kier alpha value is -1.71. The quantitative estimate of drug-likeness (QED) is 0.127. The van der Waals surface area contributed by atoms with E-state index in [0.717, 1.165) is 50.9 Å². The molecule has 5 unspecified atom stereocenters. The molecule has 6 saturated carbocycles. The number of nitrogens with one attached hydrogen (secondary N) is 3. The van der Waals surface area contributed by atoms with Gasteiger partial charge in [0.25, 0.3) is 0 Å². The van der Waals surface area contributed by atoms with Gasteiger partial charge in [-0.25, -0.2) is 0 Å². The largest absolute Gasteiger partial charge is 0.368 e. The number of hydrogen-bond donors (Lipinski definition) is 3. The summed E-state index contributed by atoms with van der Waals surface area (Å²) >= 11 is 0. The van der Waals surface area contributed by atoms with Crippen LogP contribution in [0.1, 0.15) is 204 Å². The van der Waals surface area contributed by atoms with Crippen LogP contribution in [0.3, 0.4) is 0 Å². The molecule has 6 fully saturated rings. The Morgan fingerprint density at radius 1 is 0.441 bits per heavy atom. The third-order valence-corrected chi connectivity index (χ3v) is 13.2. The number of carbonyl (C=O) groups is 3. The highest BCUT2D eigenvalue weighted by molar-refractivity contribution is 5.82. The van der Waals surface area contributed by atoms with Crippen LogP contribution in [0.15, 0.2) is 0 Å². The highest BCUT2D eigenvalue weighted by Gasteiger charge is 2.38. The van der Waals surface area contributed by atoms with E-state index in [2.05, 4.69) is 22.9 Å². The second kappa shape index (κ2) is 23.7. The van der Waals surface area contributed by atoms with Crippen molar-refractivity contribution in [1.82, 2.24) is 16.0 Å². The van der Waals surface area contributed by atoms with E-state index < -0.39 is 0 Å². The lowest BCUT2D eigenvalue weighted by atomic mass is 9.81. The van der Waals surface area contributed by atoms with Crippen LogP contribution in [0.5, 0.6) is 0 Å². The smallest absolute Gasteiger partial charge is 0.249 e. The predicted molar refractivity (Wildman–Crippen MR) is 240 cm³/mol. The number of hydrogen-bond acceptors (Lipinski definition) is 6. The minimum Gasteiger partial charge on any atom is -0.368 e. The third-order valence-electron chi connectivity index (χ3n) is 13.2. The molecule has 0 aliphatic heterocycles. The van der Waals surface area contributed by atoms with Gasteiger partial charge in [0.05, 0.1) is 19.8 Å². The normalized spacial score (nSPS) is 24.5. The predicted octanol–water partition coefficient (Wildman–Crippen LogP) is 10.5. The molecule has 0 radical (unpaired) electrons. The maximum atomic E-state index is 12.4. The van der Waals surface area contributed by atoms with Gasteiger partial charge in [-0.3, -0.25) is 14.4 Å². The summed E-state index contributed by atoms with van der Waals surface area (Å²) in [5.41, 5.74) is -0.525. The Balaban J connectivity index is 0.000000196. The molecule has 3 amide bonds. The maximum Gasteiger partial charge on any atom is 0.249 e. The molecule has 6 aliphatic rings. The average Bonchev–Trinajstić information content (AvgIpc) is 3.72. The highest BCUT2D eigenvalue weighted by Crippen LogP contribution is 2.42. The second-order valence-electron chi connectivity index (χ2n) is 23.1. The van der Waals surface area contributed by atoms with Gasteiger partial charge < -0.3 is 30.2 Å². The first-order valence-electron chi connectivity index (χ1n) is 24.5. The van der Waals surface area contributed by atoms with Crippen LogP contribution in [-0.2, 0) is 28.6 Å². The van der Waals surface area contributed by atoms with E-state index in [4.69, 9.17) is 14.2 Å². The van der Waals surface area contributed by atoms with E-state index in [-0.39, 0.29) is 52.7 Å². The molecule has 0 aromatic carbocycles. The summed E-state index contributed by atoms with van der Waals surface area (Å²) in [7, 11) is 0. The van der Waals surface area contributed by atoms with Crippen molar-refractivity contribution in [1.29, 1.82) is 0 Å². The van der Waals surface area contributed by atoms with Gasteiger partial charge >= 0.3 is 0 Å². The van der Waals surface area contributed by atoms with Crippen molar-refractivity contribution in [3.8, 4) is 0 Å². The lowest BCUT2D eigenvalue weighted by molar-refractivity contribution is -0.137. The summed E-state index contributed by atoms with van der Waals surface area (Å²) in [6.45, 7) is 22.8. The SMILES string of the molecule is CC(C)(C)NC(=O)C(CC1CC1)OCC1CCCC1.CC(C)(C)NC(=O)C(CC1CCC1)OCC1CCCC1.CC1CC1CC(OCC1CCCC1)C(=O)NC(C)(C)C. The van der Waals surface area contributed by atoms with E-state index in [1.807, 2.05) is 62.3 Å². The molecule has 0 saturated heterocycles. The van der Waals surface area contributed by atoms with Gasteiger partial charge in [0.1, 0.15) is 18.3 Å². The molecule has 342 valence electrons. The molecule has 6 aliphatic carbocycles. The second-order valence-corrected chi connectivity index (χ2v) is 23.1. The van der Waals surface area contributed by atoms with E-state index in [1.165, 1.54) is 116 Å². The average molecular weight is 830 g/mol. The molecular formula is C50H91N3O6. The Kier molecular flexibility index (Phi) is 20.0. The van der Waals surface area contributed by atoms with Gasteiger partial charge in [0, 0.05) is 16.6 Å². The molecule has 5 atom stereocenters. The Bertz CT molecular complexity index is 1190. The fraction of sp³-hybridized carbons (Fsp3) is 0.940. The molecule has 9 nitrogen and oxygen atoms in total. The van der Waals surface area contributed by atoms with Crippen molar-refractivity contribution in [2.75, 3.05) is 19.8 Å². The summed E-state index contributed by atoms with van der Waals surface area (Å²) in [5.74, 6) is 5.18. The molecular weight excluding hydrogens is 739 g/mol. The van der Waals surface area contributed by atoms with Crippen LogP contribution < -0.4 is 16.0 Å². The van der Waals surface area contributed by atoms with Crippen molar-refractivity contribution < 1.29 is 28.6 Å². The fourth-order valence-electron chi connectivity index (χ4n) is 9.08. The van der Waals surface area contributed by atoms with Gasteiger partial charge in [-0.1, -0.05) is 77.6 Å². The maximum absolute atomic E-state index is 12.4. The molecule has 0 spiro atoms. The number of ether oxygens (including phenoxy) is 3. The van der Waals surface area contributed by atoms with Crippen molar-refractivity contribution in [2.45, 2.75) is 239 Å². The van der Waals surface area contributed by atoms with Crippen LogP contribution in [0.2, 0.25) is 0 Å². The van der Waals surface area contributed by atoms with Crippen molar-refractivity contribution in [2.24, 2.45) is 41.4 Å². The van der Waals surface area contributed by atoms with Gasteiger partial charge in [-0.05, 0) is 168 Å². The number of rotatable bonds is 18. The van der Waals surface area contributed by atoms with E-state index in [0.29, 0.717) is 29.6 Å². The molecule has 0 heterocycles. The van der Waals surface area contributed by atoms with Crippen molar-refractivity contribution in [3.63, 3.8) is 0 Å². The van der Waals surface area contributed by atoms with Crippen LogP contribution in [0.25, 0.3) is 0 Å². The van der Waals surface area contributed by atoms with E-state index in [9.17, 15) is 14.4 Å². The Morgan fingerprint density at radius 2 is 0.712 bits per heavy atom. The summed E-state index contributed by atoms with van der Waals surface area (Å²) in [4.78, 5) is 37.1. The van der Waals surface area contributed by atoms with Gasteiger partial charge in [-0.2, -0.15) is 0 Å². The number of amides is 3. The monoisotopic (exact) mass is 830 g/mol. The zero-order valence-corrected chi connectivity index (χ0v) is 39.7. The van der Waals surface area contributed by atoms with Crippen LogP contribution in [0.4, 0.5) is 0 Å². The van der Waals surface area contributed by atoms with Gasteiger partial charge in [0.2, 0.25) is 17.7 Å². The van der Waals surface area contributed by atoms with Crippen LogP contribution >= 0.6 is 0 Å². The summed E-state index contributed by atoms with van der Waals surface area (Å²) < 4.78 is 18.0. The first kappa shape index (κ1) is 49.9. The molecule has 59 heavy (non-hydrogen) atoms. The van der Waals surface area contributed by atoms with E-state index >= 15 is 0 Å². The van der Waals surface area contributed by atoms with Crippen molar-refractivity contribution in [3.05, 3.63) is 0 Å². The topological polar surface area (TPSA) is 115 Å². The molecule has 6 rings (SSSR count). The molecule has 0 bridgehead atoms. The molecule has 9 heteroatoms. The lowest BCUT2D eigenvalue weighted by Crippen LogP contribution is -2.47. The molecule has 0 aromatic heterocycles. The number of carbonyl (C=O) groups excluding carboxylic acids is 3. The van der Waals surface area contributed by atoms with Gasteiger partial charge in [-0.15, -0.1) is 0 Å². The zero-order valence-electron chi connectivity index (χ0n) is 39.7. The van der Waals surface area contributed by atoms with Gasteiger partial charge in [0.15, 0.2) is 0 Å². The standard InChI is InChI=1S/2C17H31NO2.C16H29NO2/c1-12-9-14(12)10-15(16(19)18-17(2,3)4)20-11-13-7-5-6-8-13;1-17(2,3)18-16(19)15(11-13-9-6-10-13)20-12-14-7-4-5-8-14;1-16(2,3)17-15(18)14(10-12-8-9-12)19-11-13-6-4-5-7-13/h12-15H,5-11H2,1-4H3,(H,18,19);13-15H,4-12H2,1-3H3,(H,18,19);12-14H,4-11H2,1-3H3,(H,17,18). The van der Waals surface area contributed by atoms with Crippen molar-refractivity contribution >= 4 is 17.7 Å². The zero-order chi connectivity index (χ0) is 43.2. The first-order chi connectivity index (χ1) is 27.7. The minimum atomic E-state index is -0.246. The third kappa shape index (κ3) is 21.3. The fourth-order valence-corrected chi connectivity index (χ4v) is 9.08. The summed E-state index contributed by atoms with van der Waals surface area (Å²) in [6, 6.07) is 0. The van der Waals surface area contributed by atoms with Crippen LogP contribution in [0, 0.1) is 41.4 Å². The summed E-state index contributed by atoms with van der Waals surface area (Å²) in [5, 5.41) is 9.23. The lowest BCUT2D eigenvalue weighted by Gasteiger charge is -2.31. The minimum absolute atomic E-state index is 0.0783. The van der Waals surface area contributed by atoms with Crippen LogP contribution in [-0.4, -0.2) is 72.5 Å². The molecule has 3 N–H and O–H groups in total. The Labute approximate surface area is 361 Å². The van der Waals surface area contributed by atoms with E-state index in [1.54, 1.807) is 0 Å². The summed E-state index contributed by atoms with van der Waals surface area (Å²) in [6.07, 6.45) is 25.3. The Morgan fingerprint density at radius 3 is 0.949 bits per heavy atom. The molecule has 0 aromatic rings.